The zero-order valence-corrected chi connectivity index (χ0v) is 12.7. The standard InChI is InChI=1S/C22H18/c1-2-16-8-5-6-12-20(16)21-13-7-11-19-14-17-9-3-4-10-18(17)15-22(19)21/h3-15H,2H2,1H3. The van der Waals surface area contributed by atoms with Crippen molar-refractivity contribution in [2.45, 2.75) is 13.3 Å². The van der Waals surface area contributed by atoms with Crippen LogP contribution < -0.4 is 0 Å². The highest BCUT2D eigenvalue weighted by Gasteiger charge is 2.08. The monoisotopic (exact) mass is 282 g/mol. The summed E-state index contributed by atoms with van der Waals surface area (Å²) < 4.78 is 0. The van der Waals surface area contributed by atoms with Gasteiger partial charge < -0.3 is 0 Å². The first kappa shape index (κ1) is 13.1. The molecule has 0 nitrogen and oxygen atoms in total. The van der Waals surface area contributed by atoms with Gasteiger partial charge in [-0.1, -0.05) is 73.7 Å². The quantitative estimate of drug-likeness (QED) is 0.383. The number of hydrogen-bond donors (Lipinski definition) is 0. The summed E-state index contributed by atoms with van der Waals surface area (Å²) in [6.45, 7) is 2.22. The van der Waals surface area contributed by atoms with Gasteiger partial charge in [0.15, 0.2) is 0 Å². The highest BCUT2D eigenvalue weighted by molar-refractivity contribution is 6.05. The molecule has 4 aromatic rings. The maximum Gasteiger partial charge on any atom is -0.00989 e. The first-order valence-corrected chi connectivity index (χ1v) is 7.86. The van der Waals surface area contributed by atoms with Crippen LogP contribution in [-0.2, 0) is 6.42 Å². The Morgan fingerprint density at radius 3 is 2.05 bits per heavy atom. The number of fused-ring (bicyclic) bond motifs is 2. The van der Waals surface area contributed by atoms with E-state index in [1.807, 2.05) is 0 Å². The third-order valence-corrected chi connectivity index (χ3v) is 4.44. The SMILES string of the molecule is CCc1ccccc1-c1cccc2cc3ccccc3cc12. The van der Waals surface area contributed by atoms with Crippen molar-refractivity contribution in [3.05, 3.63) is 84.4 Å². The Kier molecular flexibility index (Phi) is 3.16. The van der Waals surface area contributed by atoms with Gasteiger partial charge in [0, 0.05) is 0 Å². The largest absolute Gasteiger partial charge is 0.0620 e. The first-order chi connectivity index (χ1) is 10.9. The van der Waals surface area contributed by atoms with Gasteiger partial charge >= 0.3 is 0 Å². The van der Waals surface area contributed by atoms with Gasteiger partial charge in [-0.3, -0.25) is 0 Å². The Labute approximate surface area is 131 Å². The smallest absolute Gasteiger partial charge is 0.00989 e. The van der Waals surface area contributed by atoms with Gasteiger partial charge in [0.25, 0.3) is 0 Å². The van der Waals surface area contributed by atoms with Crippen LogP contribution in [-0.4, -0.2) is 0 Å². The first-order valence-electron chi connectivity index (χ1n) is 7.86. The molecule has 0 aliphatic heterocycles. The molecule has 0 N–H and O–H groups in total. The summed E-state index contributed by atoms with van der Waals surface area (Å²) in [5, 5.41) is 5.25. The van der Waals surface area contributed by atoms with E-state index in [0.717, 1.165) is 6.42 Å². The Balaban J connectivity index is 2.07. The third kappa shape index (κ3) is 2.08. The summed E-state index contributed by atoms with van der Waals surface area (Å²) >= 11 is 0. The minimum absolute atomic E-state index is 1.06. The van der Waals surface area contributed by atoms with Crippen LogP contribution in [0.15, 0.2) is 78.9 Å². The Hall–Kier alpha value is -2.60. The van der Waals surface area contributed by atoms with E-state index in [1.54, 1.807) is 0 Å². The van der Waals surface area contributed by atoms with Crippen LogP contribution in [0.25, 0.3) is 32.7 Å². The summed E-state index contributed by atoms with van der Waals surface area (Å²) in [5.74, 6) is 0. The fourth-order valence-corrected chi connectivity index (χ4v) is 3.29. The molecule has 0 aliphatic carbocycles. The molecule has 106 valence electrons. The number of rotatable bonds is 2. The molecule has 0 heteroatoms. The molecule has 4 rings (SSSR count). The van der Waals surface area contributed by atoms with E-state index in [2.05, 4.69) is 85.8 Å². The molecule has 22 heavy (non-hydrogen) atoms. The van der Waals surface area contributed by atoms with Crippen molar-refractivity contribution in [1.29, 1.82) is 0 Å². The van der Waals surface area contributed by atoms with Crippen LogP contribution in [0, 0.1) is 0 Å². The fourth-order valence-electron chi connectivity index (χ4n) is 3.29. The highest BCUT2D eigenvalue weighted by Crippen LogP contribution is 2.33. The van der Waals surface area contributed by atoms with Crippen molar-refractivity contribution in [3.63, 3.8) is 0 Å². The molecule has 0 unspecified atom stereocenters. The lowest BCUT2D eigenvalue weighted by Crippen LogP contribution is -1.88. The lowest BCUT2D eigenvalue weighted by molar-refractivity contribution is 1.14. The third-order valence-electron chi connectivity index (χ3n) is 4.44. The molecule has 0 aromatic heterocycles. The number of hydrogen-bond acceptors (Lipinski definition) is 0. The molecule has 0 amide bonds. The predicted molar refractivity (Wildman–Crippen MR) is 96.3 cm³/mol. The lowest BCUT2D eigenvalue weighted by Gasteiger charge is -2.12. The van der Waals surface area contributed by atoms with Crippen LogP contribution in [0.1, 0.15) is 12.5 Å². The molecule has 0 radical (unpaired) electrons. The van der Waals surface area contributed by atoms with Crippen LogP contribution >= 0.6 is 0 Å². The molecule has 0 saturated carbocycles. The summed E-state index contributed by atoms with van der Waals surface area (Å²) in [6.07, 6.45) is 1.06. The summed E-state index contributed by atoms with van der Waals surface area (Å²) in [5.41, 5.74) is 4.09. The highest BCUT2D eigenvalue weighted by atomic mass is 14.1. The zero-order valence-electron chi connectivity index (χ0n) is 12.7. The van der Waals surface area contributed by atoms with Gasteiger partial charge in [0.2, 0.25) is 0 Å². The maximum atomic E-state index is 2.33. The van der Waals surface area contributed by atoms with Gasteiger partial charge in [-0.25, -0.2) is 0 Å². The van der Waals surface area contributed by atoms with E-state index in [1.165, 1.54) is 38.2 Å². The molecule has 0 bridgehead atoms. The van der Waals surface area contributed by atoms with Crippen LogP contribution in [0.4, 0.5) is 0 Å². The second-order valence-corrected chi connectivity index (χ2v) is 5.74. The van der Waals surface area contributed by atoms with E-state index in [4.69, 9.17) is 0 Å². The van der Waals surface area contributed by atoms with Crippen molar-refractivity contribution in [3.8, 4) is 11.1 Å². The van der Waals surface area contributed by atoms with Crippen molar-refractivity contribution in [2.75, 3.05) is 0 Å². The average Bonchev–Trinajstić information content (AvgIpc) is 2.59. The molecule has 4 aromatic carbocycles. The topological polar surface area (TPSA) is 0 Å². The fraction of sp³-hybridized carbons (Fsp3) is 0.0909. The Bertz CT molecular complexity index is 964. The second kappa shape index (κ2) is 5.31. The molecular formula is C22H18. The van der Waals surface area contributed by atoms with Crippen molar-refractivity contribution < 1.29 is 0 Å². The number of aryl methyl sites for hydroxylation is 1. The van der Waals surface area contributed by atoms with Gasteiger partial charge in [-0.15, -0.1) is 0 Å². The molecule has 0 heterocycles. The van der Waals surface area contributed by atoms with Gasteiger partial charge in [0.1, 0.15) is 0 Å². The van der Waals surface area contributed by atoms with E-state index in [0.29, 0.717) is 0 Å². The molecular weight excluding hydrogens is 264 g/mol. The minimum Gasteiger partial charge on any atom is -0.0620 e. The normalized spacial score (nSPS) is 11.1. The predicted octanol–water partition coefficient (Wildman–Crippen LogP) is 6.22. The Morgan fingerprint density at radius 1 is 0.591 bits per heavy atom. The van der Waals surface area contributed by atoms with E-state index in [-0.39, 0.29) is 0 Å². The van der Waals surface area contributed by atoms with Crippen molar-refractivity contribution in [1.82, 2.24) is 0 Å². The number of benzene rings is 4. The van der Waals surface area contributed by atoms with E-state index in [9.17, 15) is 0 Å². The van der Waals surface area contributed by atoms with Gasteiger partial charge in [0.05, 0.1) is 0 Å². The van der Waals surface area contributed by atoms with E-state index < -0.39 is 0 Å². The van der Waals surface area contributed by atoms with Crippen LogP contribution in [0.3, 0.4) is 0 Å². The molecule has 0 atom stereocenters. The Morgan fingerprint density at radius 2 is 1.23 bits per heavy atom. The lowest BCUT2D eigenvalue weighted by atomic mass is 9.92. The summed E-state index contributed by atoms with van der Waals surface area (Å²) in [6, 6.07) is 28.6. The van der Waals surface area contributed by atoms with Crippen LogP contribution in [0.5, 0.6) is 0 Å². The summed E-state index contributed by atoms with van der Waals surface area (Å²) in [4.78, 5) is 0. The van der Waals surface area contributed by atoms with Gasteiger partial charge in [-0.05, 0) is 56.8 Å². The molecule has 0 fully saturated rings. The summed E-state index contributed by atoms with van der Waals surface area (Å²) in [7, 11) is 0. The van der Waals surface area contributed by atoms with Crippen molar-refractivity contribution >= 4 is 21.5 Å². The average molecular weight is 282 g/mol. The second-order valence-electron chi connectivity index (χ2n) is 5.74. The van der Waals surface area contributed by atoms with Crippen molar-refractivity contribution in [2.24, 2.45) is 0 Å². The molecule has 0 saturated heterocycles. The molecule has 0 spiro atoms. The molecule has 0 aliphatic rings. The van der Waals surface area contributed by atoms with Crippen LogP contribution in [0.2, 0.25) is 0 Å². The zero-order chi connectivity index (χ0) is 14.9. The minimum atomic E-state index is 1.06. The maximum absolute atomic E-state index is 2.33. The van der Waals surface area contributed by atoms with E-state index >= 15 is 0 Å². The van der Waals surface area contributed by atoms with Gasteiger partial charge in [-0.2, -0.15) is 0 Å².